The van der Waals surface area contributed by atoms with Crippen LogP contribution in [0.25, 0.3) is 0 Å². The van der Waals surface area contributed by atoms with Gasteiger partial charge < -0.3 is 9.31 Å². The summed E-state index contributed by atoms with van der Waals surface area (Å²) in [4.78, 5) is 0. The van der Waals surface area contributed by atoms with E-state index in [1.807, 2.05) is 6.82 Å². The molecule has 4 aliphatic rings. The van der Waals surface area contributed by atoms with Gasteiger partial charge in [-0.25, -0.2) is 0 Å². The predicted molar refractivity (Wildman–Crippen MR) is 56.0 cm³/mol. The minimum Gasteiger partial charge on any atom is -0.406 e. The molecule has 4 fully saturated rings. The van der Waals surface area contributed by atoms with Gasteiger partial charge in [0, 0.05) is 0 Å². The van der Waals surface area contributed by atoms with E-state index in [1.165, 1.54) is 12.8 Å². The van der Waals surface area contributed by atoms with E-state index in [9.17, 15) is 0 Å². The van der Waals surface area contributed by atoms with Crippen LogP contribution in [-0.4, -0.2) is 18.8 Å². The molecule has 3 heteroatoms. The molecule has 0 aromatic carbocycles. The Hall–Kier alpha value is -0.0151. The molecule has 1 aliphatic heterocycles. The van der Waals surface area contributed by atoms with E-state index in [2.05, 4.69) is 20.8 Å². The number of hydrogen-bond donors (Lipinski definition) is 0. The van der Waals surface area contributed by atoms with Crippen LogP contribution in [0.1, 0.15) is 33.6 Å². The van der Waals surface area contributed by atoms with Crippen molar-refractivity contribution in [1.82, 2.24) is 0 Å². The minimum absolute atomic E-state index is 0.000139. The van der Waals surface area contributed by atoms with Crippen LogP contribution in [0.15, 0.2) is 0 Å². The smallest absolute Gasteiger partial charge is 0.406 e. The first-order valence-corrected chi connectivity index (χ1v) is 5.78. The highest BCUT2D eigenvalue weighted by Gasteiger charge is 2.67. The Balaban J connectivity index is 1.95. The molecule has 78 valence electrons. The summed E-state index contributed by atoms with van der Waals surface area (Å²) in [5.74, 6) is 1.56. The fourth-order valence-corrected chi connectivity index (χ4v) is 4.07. The lowest BCUT2D eigenvalue weighted by molar-refractivity contribution is -0.199. The molecule has 1 saturated heterocycles. The molecule has 0 N–H and O–H groups in total. The lowest BCUT2D eigenvalue weighted by atomic mass is 9.43. The molecule has 0 radical (unpaired) electrons. The molecule has 0 amide bonds. The quantitative estimate of drug-likeness (QED) is 0.551. The average Bonchev–Trinajstić information content (AvgIpc) is 2.37. The molecule has 2 unspecified atom stereocenters. The largest absolute Gasteiger partial charge is 0.454 e. The molecular formula is C11H19BO2. The van der Waals surface area contributed by atoms with Gasteiger partial charge in [-0.2, -0.15) is 0 Å². The van der Waals surface area contributed by atoms with Crippen molar-refractivity contribution in [3.63, 3.8) is 0 Å². The summed E-state index contributed by atoms with van der Waals surface area (Å²) in [7, 11) is 0.000139. The maximum atomic E-state index is 6.02. The maximum Gasteiger partial charge on any atom is 0.454 e. The Morgan fingerprint density at radius 3 is 2.57 bits per heavy atom. The molecular weight excluding hydrogens is 175 g/mol. The first-order valence-electron chi connectivity index (χ1n) is 5.78. The number of rotatable bonds is 0. The summed E-state index contributed by atoms with van der Waals surface area (Å²) >= 11 is 0. The predicted octanol–water partition coefficient (Wildman–Crippen LogP) is 2.34. The van der Waals surface area contributed by atoms with Crippen molar-refractivity contribution in [3.8, 4) is 0 Å². The average molecular weight is 194 g/mol. The monoisotopic (exact) mass is 194 g/mol. The Bertz CT molecular complexity index is 278. The first kappa shape index (κ1) is 9.23. The van der Waals surface area contributed by atoms with Crippen molar-refractivity contribution in [3.05, 3.63) is 0 Å². The van der Waals surface area contributed by atoms with Gasteiger partial charge in [-0.3, -0.25) is 0 Å². The van der Waals surface area contributed by atoms with Gasteiger partial charge in [0.15, 0.2) is 0 Å². The number of hydrogen-bond acceptors (Lipinski definition) is 2. The zero-order valence-corrected chi connectivity index (χ0v) is 9.54. The fraction of sp³-hybridized carbons (Fsp3) is 1.00. The van der Waals surface area contributed by atoms with Crippen LogP contribution < -0.4 is 0 Å². The summed E-state index contributed by atoms with van der Waals surface area (Å²) in [6.45, 7) is 9.05. The second-order valence-electron chi connectivity index (χ2n) is 6.04. The molecule has 3 aliphatic carbocycles. The molecule has 1 heterocycles. The van der Waals surface area contributed by atoms with Crippen molar-refractivity contribution < 1.29 is 9.31 Å². The third-order valence-electron chi connectivity index (χ3n) is 5.08. The Labute approximate surface area is 86.5 Å². The van der Waals surface area contributed by atoms with Crippen LogP contribution >= 0.6 is 0 Å². The standard InChI is InChI=1S/C11H19BO2/c1-10(2)7-5-8(10)11(3)9(6-7)13-12(4)14-11/h7-9H,5-6H2,1-4H3/t7-,8?,9-,11?/m1/s1. The molecule has 3 saturated carbocycles. The van der Waals surface area contributed by atoms with Crippen LogP contribution in [0, 0.1) is 17.3 Å². The Kier molecular flexibility index (Phi) is 1.57. The van der Waals surface area contributed by atoms with Crippen molar-refractivity contribution in [2.75, 3.05) is 0 Å². The first-order chi connectivity index (χ1) is 6.44. The van der Waals surface area contributed by atoms with Gasteiger partial charge in [0.25, 0.3) is 0 Å². The van der Waals surface area contributed by atoms with E-state index in [1.54, 1.807) is 0 Å². The van der Waals surface area contributed by atoms with Gasteiger partial charge in [-0.05, 0) is 43.8 Å². The van der Waals surface area contributed by atoms with Crippen LogP contribution in [-0.2, 0) is 9.31 Å². The molecule has 0 spiro atoms. The van der Waals surface area contributed by atoms with Gasteiger partial charge in [-0.15, -0.1) is 0 Å². The highest BCUT2D eigenvalue weighted by molar-refractivity contribution is 6.43. The molecule has 14 heavy (non-hydrogen) atoms. The van der Waals surface area contributed by atoms with Crippen LogP contribution in [0.4, 0.5) is 0 Å². The lowest BCUT2D eigenvalue weighted by Gasteiger charge is -2.64. The van der Waals surface area contributed by atoms with E-state index in [0.29, 0.717) is 17.4 Å². The van der Waals surface area contributed by atoms with E-state index < -0.39 is 0 Å². The molecule has 0 aromatic rings. The lowest BCUT2D eigenvalue weighted by Crippen LogP contribution is -2.65. The molecule has 2 nitrogen and oxygen atoms in total. The van der Waals surface area contributed by atoms with Gasteiger partial charge in [0.1, 0.15) is 0 Å². The van der Waals surface area contributed by atoms with Crippen molar-refractivity contribution in [2.24, 2.45) is 17.3 Å². The summed E-state index contributed by atoms with van der Waals surface area (Å²) < 4.78 is 11.9. The molecule has 2 bridgehead atoms. The van der Waals surface area contributed by atoms with Gasteiger partial charge in [0.2, 0.25) is 0 Å². The second-order valence-corrected chi connectivity index (χ2v) is 6.04. The summed E-state index contributed by atoms with van der Waals surface area (Å²) in [5.41, 5.74) is 0.469. The third kappa shape index (κ3) is 0.861. The second kappa shape index (κ2) is 2.38. The minimum atomic E-state index is -0.00231. The zero-order valence-electron chi connectivity index (χ0n) is 9.54. The van der Waals surface area contributed by atoms with Crippen LogP contribution in [0.5, 0.6) is 0 Å². The molecule has 4 rings (SSSR count). The Morgan fingerprint density at radius 1 is 1.21 bits per heavy atom. The topological polar surface area (TPSA) is 18.5 Å². The van der Waals surface area contributed by atoms with Crippen molar-refractivity contribution in [2.45, 2.75) is 52.1 Å². The van der Waals surface area contributed by atoms with Crippen molar-refractivity contribution in [1.29, 1.82) is 0 Å². The highest BCUT2D eigenvalue weighted by Crippen LogP contribution is 2.65. The summed E-state index contributed by atoms with van der Waals surface area (Å²) in [5, 5.41) is 0. The van der Waals surface area contributed by atoms with E-state index in [4.69, 9.17) is 9.31 Å². The van der Waals surface area contributed by atoms with E-state index >= 15 is 0 Å². The van der Waals surface area contributed by atoms with Gasteiger partial charge in [0.05, 0.1) is 11.7 Å². The van der Waals surface area contributed by atoms with Crippen LogP contribution in [0.2, 0.25) is 6.82 Å². The normalized spacial score (nSPS) is 54.0. The van der Waals surface area contributed by atoms with Crippen LogP contribution in [0.3, 0.4) is 0 Å². The Morgan fingerprint density at radius 2 is 1.93 bits per heavy atom. The fourth-order valence-electron chi connectivity index (χ4n) is 4.07. The zero-order chi connectivity index (χ0) is 10.1. The van der Waals surface area contributed by atoms with Gasteiger partial charge in [-0.1, -0.05) is 13.8 Å². The highest BCUT2D eigenvalue weighted by atomic mass is 16.7. The third-order valence-corrected chi connectivity index (χ3v) is 5.08. The van der Waals surface area contributed by atoms with Gasteiger partial charge >= 0.3 is 7.12 Å². The van der Waals surface area contributed by atoms with E-state index in [-0.39, 0.29) is 12.7 Å². The summed E-state index contributed by atoms with van der Waals surface area (Å²) in [6, 6.07) is 0. The molecule has 0 aromatic heterocycles. The van der Waals surface area contributed by atoms with Crippen molar-refractivity contribution >= 4 is 7.12 Å². The SMILES string of the molecule is CB1O[C@@H]2C[C@H]3CC(C3(C)C)C2(C)O1. The summed E-state index contributed by atoms with van der Waals surface area (Å²) in [6.07, 6.45) is 2.90. The molecule has 4 atom stereocenters. The van der Waals surface area contributed by atoms with E-state index in [0.717, 1.165) is 5.92 Å². The maximum absolute atomic E-state index is 6.02.